The number of aliphatic hydroxyl groups excluding tert-OH is 3. The Hall–Kier alpha value is -0.300. The molecule has 0 spiro atoms. The number of nitrogens with zero attached hydrogens (tertiary/aromatic N) is 2. The van der Waals surface area contributed by atoms with Crippen molar-refractivity contribution in [3.63, 3.8) is 0 Å². The molecule has 2 aliphatic rings. The van der Waals surface area contributed by atoms with Crippen LogP contribution in [0.2, 0.25) is 0 Å². The summed E-state index contributed by atoms with van der Waals surface area (Å²) in [6.07, 6.45) is 17.6. The van der Waals surface area contributed by atoms with Crippen LogP contribution in [0.15, 0.2) is 4.99 Å². The zero-order valence-corrected chi connectivity index (χ0v) is 19.1. The van der Waals surface area contributed by atoms with E-state index in [2.05, 4.69) is 4.90 Å². The molecule has 2 saturated heterocycles. The first kappa shape index (κ1) is 25.0. The Balaban J connectivity index is 1.36. The smallest absolute Gasteiger partial charge is 0.159 e. The highest BCUT2D eigenvalue weighted by molar-refractivity contribution is 8.14. The molecule has 2 rings (SSSR count). The zero-order valence-electron chi connectivity index (χ0n) is 18.3. The van der Waals surface area contributed by atoms with Gasteiger partial charge < -0.3 is 20.2 Å². The minimum Gasteiger partial charge on any atom is -0.396 e. The Morgan fingerprint density at radius 3 is 1.86 bits per heavy atom. The van der Waals surface area contributed by atoms with Gasteiger partial charge in [-0.1, -0.05) is 88.8 Å². The van der Waals surface area contributed by atoms with E-state index in [9.17, 15) is 10.2 Å². The molecule has 0 aromatic heterocycles. The standard InChI is InChI=1S/C23H44N2O3S/c26-18-14-12-10-8-6-4-2-1-3-5-7-9-11-13-16-24-23-25-17-15-21(27)22(28)20(25)19-29-23/h20-22,26-28H,1-19H2/t20-,21-,22-/m1/s1. The van der Waals surface area contributed by atoms with Crippen LogP contribution in [-0.4, -0.2) is 69.1 Å². The molecule has 0 aliphatic carbocycles. The molecule has 2 heterocycles. The summed E-state index contributed by atoms with van der Waals surface area (Å²) in [6, 6.07) is 0.0498. The van der Waals surface area contributed by atoms with Crippen LogP contribution in [0.3, 0.4) is 0 Å². The van der Waals surface area contributed by atoms with Gasteiger partial charge in [0.15, 0.2) is 5.17 Å². The average molecular weight is 429 g/mol. The van der Waals surface area contributed by atoms with Gasteiger partial charge in [-0.3, -0.25) is 4.99 Å². The quantitative estimate of drug-likeness (QED) is 0.319. The van der Waals surface area contributed by atoms with Gasteiger partial charge in [0.2, 0.25) is 0 Å². The number of hydrogen-bond donors (Lipinski definition) is 3. The highest BCUT2D eigenvalue weighted by Gasteiger charge is 2.41. The van der Waals surface area contributed by atoms with Gasteiger partial charge in [-0.25, -0.2) is 0 Å². The van der Waals surface area contributed by atoms with Crippen molar-refractivity contribution in [2.24, 2.45) is 4.99 Å². The van der Waals surface area contributed by atoms with Gasteiger partial charge in [0.1, 0.15) is 6.10 Å². The monoisotopic (exact) mass is 428 g/mol. The molecule has 170 valence electrons. The number of fused-ring (bicyclic) bond motifs is 1. The van der Waals surface area contributed by atoms with Crippen molar-refractivity contribution in [2.75, 3.05) is 25.4 Å². The molecular weight excluding hydrogens is 384 g/mol. The number of hydrogen-bond acceptors (Lipinski definition) is 5. The third-order valence-electron chi connectivity index (χ3n) is 6.30. The zero-order chi connectivity index (χ0) is 20.7. The molecule has 2 aliphatic heterocycles. The predicted octanol–water partition coefficient (Wildman–Crippen LogP) is 4.34. The molecule has 2 fully saturated rings. The Labute approximate surface area is 182 Å². The van der Waals surface area contributed by atoms with Crippen LogP contribution in [0.5, 0.6) is 0 Å². The maximum absolute atomic E-state index is 10.1. The number of unbranched alkanes of at least 4 members (excludes halogenated alkanes) is 13. The van der Waals surface area contributed by atoms with Gasteiger partial charge in [-0.05, 0) is 19.3 Å². The molecule has 0 unspecified atom stereocenters. The first-order valence-corrected chi connectivity index (χ1v) is 13.1. The summed E-state index contributed by atoms with van der Waals surface area (Å²) in [5, 5.41) is 29.7. The van der Waals surface area contributed by atoms with Crippen molar-refractivity contribution >= 4 is 16.9 Å². The topological polar surface area (TPSA) is 76.3 Å². The molecule has 5 nitrogen and oxygen atoms in total. The van der Waals surface area contributed by atoms with Gasteiger partial charge in [-0.15, -0.1) is 0 Å². The molecule has 0 aromatic carbocycles. The normalized spacial score (nSPS) is 25.7. The summed E-state index contributed by atoms with van der Waals surface area (Å²) < 4.78 is 0. The van der Waals surface area contributed by atoms with Crippen molar-refractivity contribution in [1.29, 1.82) is 0 Å². The molecular formula is C23H44N2O3S. The maximum Gasteiger partial charge on any atom is 0.159 e. The Morgan fingerprint density at radius 1 is 0.793 bits per heavy atom. The molecule has 0 aromatic rings. The van der Waals surface area contributed by atoms with E-state index < -0.39 is 12.2 Å². The summed E-state index contributed by atoms with van der Waals surface area (Å²) in [6.45, 7) is 2.06. The van der Waals surface area contributed by atoms with Crippen molar-refractivity contribution in [3.05, 3.63) is 0 Å². The van der Waals surface area contributed by atoms with Gasteiger partial charge in [0, 0.05) is 25.4 Å². The summed E-state index contributed by atoms with van der Waals surface area (Å²) in [5.41, 5.74) is 0. The molecule has 0 bridgehead atoms. The number of thioether (sulfide) groups is 1. The average Bonchev–Trinajstić information content (AvgIpc) is 3.14. The molecule has 0 radical (unpaired) electrons. The lowest BCUT2D eigenvalue weighted by atomic mass is 9.98. The fourth-order valence-electron chi connectivity index (χ4n) is 4.37. The summed E-state index contributed by atoms with van der Waals surface area (Å²) in [7, 11) is 0. The fraction of sp³-hybridized carbons (Fsp3) is 0.957. The Bertz CT molecular complexity index is 450. The molecule has 3 N–H and O–H groups in total. The minimum atomic E-state index is -0.624. The molecule has 0 amide bonds. The summed E-state index contributed by atoms with van der Waals surface area (Å²) >= 11 is 1.74. The largest absolute Gasteiger partial charge is 0.396 e. The second-order valence-electron chi connectivity index (χ2n) is 8.76. The van der Waals surface area contributed by atoms with Crippen LogP contribution in [0, 0.1) is 0 Å². The highest BCUT2D eigenvalue weighted by Crippen LogP contribution is 2.31. The van der Waals surface area contributed by atoms with E-state index in [0.717, 1.165) is 36.9 Å². The van der Waals surface area contributed by atoms with E-state index in [-0.39, 0.29) is 6.04 Å². The van der Waals surface area contributed by atoms with Crippen molar-refractivity contribution in [2.45, 2.75) is 115 Å². The number of aliphatic hydroxyl groups is 3. The Morgan fingerprint density at radius 2 is 1.31 bits per heavy atom. The fourth-order valence-corrected chi connectivity index (χ4v) is 5.65. The van der Waals surface area contributed by atoms with Crippen molar-refractivity contribution in [1.82, 2.24) is 4.90 Å². The number of amidine groups is 1. The predicted molar refractivity (Wildman–Crippen MR) is 124 cm³/mol. The number of aliphatic imine (C=N–C) groups is 1. The van der Waals surface area contributed by atoms with Gasteiger partial charge >= 0.3 is 0 Å². The second kappa shape index (κ2) is 15.5. The minimum absolute atomic E-state index is 0.0498. The van der Waals surface area contributed by atoms with Crippen LogP contribution in [0.25, 0.3) is 0 Å². The summed E-state index contributed by atoms with van der Waals surface area (Å²) in [4.78, 5) is 6.97. The van der Waals surface area contributed by atoms with Crippen molar-refractivity contribution in [3.8, 4) is 0 Å². The van der Waals surface area contributed by atoms with Crippen LogP contribution in [-0.2, 0) is 0 Å². The van der Waals surface area contributed by atoms with E-state index in [1.54, 1.807) is 11.8 Å². The molecule has 3 atom stereocenters. The molecule has 29 heavy (non-hydrogen) atoms. The van der Waals surface area contributed by atoms with E-state index in [4.69, 9.17) is 10.1 Å². The Kier molecular flexibility index (Phi) is 13.3. The van der Waals surface area contributed by atoms with Crippen LogP contribution in [0.1, 0.15) is 96.3 Å². The van der Waals surface area contributed by atoms with Crippen LogP contribution < -0.4 is 0 Å². The van der Waals surface area contributed by atoms with E-state index in [1.165, 1.54) is 77.0 Å². The SMILES string of the molecule is OCCCCCCCCCCCCCCCCN=C1SC[C@@H]2[C@@H](O)[C@H](O)CCN12. The molecule has 6 heteroatoms. The lowest BCUT2D eigenvalue weighted by Gasteiger charge is -2.37. The molecule has 0 saturated carbocycles. The van der Waals surface area contributed by atoms with Crippen LogP contribution in [0.4, 0.5) is 0 Å². The number of piperidine rings is 1. The van der Waals surface area contributed by atoms with Gasteiger partial charge in [-0.2, -0.15) is 0 Å². The summed E-state index contributed by atoms with van der Waals surface area (Å²) in [5.74, 6) is 0.848. The number of rotatable bonds is 16. The third kappa shape index (κ3) is 9.58. The van der Waals surface area contributed by atoms with E-state index in [1.807, 2.05) is 0 Å². The third-order valence-corrected chi connectivity index (χ3v) is 7.43. The highest BCUT2D eigenvalue weighted by atomic mass is 32.2. The lowest BCUT2D eigenvalue weighted by molar-refractivity contribution is -0.0470. The maximum atomic E-state index is 10.1. The lowest BCUT2D eigenvalue weighted by Crippen LogP contribution is -2.53. The van der Waals surface area contributed by atoms with E-state index >= 15 is 0 Å². The second-order valence-corrected chi connectivity index (χ2v) is 9.74. The van der Waals surface area contributed by atoms with Crippen LogP contribution >= 0.6 is 11.8 Å². The first-order chi connectivity index (χ1) is 14.2. The van der Waals surface area contributed by atoms with Gasteiger partial charge in [0.25, 0.3) is 0 Å². The van der Waals surface area contributed by atoms with Crippen molar-refractivity contribution < 1.29 is 15.3 Å². The van der Waals surface area contributed by atoms with E-state index in [0.29, 0.717) is 13.0 Å². The van der Waals surface area contributed by atoms with Gasteiger partial charge in [0.05, 0.1) is 12.1 Å². The first-order valence-electron chi connectivity index (χ1n) is 12.1.